The van der Waals surface area contributed by atoms with E-state index in [9.17, 15) is 0 Å². The molecule has 0 saturated heterocycles. The smallest absolute Gasteiger partial charge is 0.0174 e. The molecule has 0 heterocycles. The molecule has 0 bridgehead atoms. The highest BCUT2D eigenvalue weighted by Crippen LogP contribution is 2.41. The van der Waals surface area contributed by atoms with Crippen LogP contribution in [0.1, 0.15) is 39.5 Å². The van der Waals surface area contributed by atoms with E-state index in [4.69, 9.17) is 0 Å². The molecule has 2 atom stereocenters. The standard InChI is InChI=1S/C12H18/c1-9-3-6-11(7-4-9)12-8-5-10(12)2/h3,6,10,12H,4-5,7-8H2,1-2H3. The van der Waals surface area contributed by atoms with Gasteiger partial charge in [0, 0.05) is 0 Å². The van der Waals surface area contributed by atoms with E-state index < -0.39 is 0 Å². The zero-order valence-corrected chi connectivity index (χ0v) is 8.14. The van der Waals surface area contributed by atoms with Crippen molar-refractivity contribution in [2.75, 3.05) is 0 Å². The Morgan fingerprint density at radius 3 is 2.42 bits per heavy atom. The monoisotopic (exact) mass is 162 g/mol. The summed E-state index contributed by atoms with van der Waals surface area (Å²) < 4.78 is 0. The number of allylic oxidation sites excluding steroid dienone is 4. The summed E-state index contributed by atoms with van der Waals surface area (Å²) in [7, 11) is 0. The van der Waals surface area contributed by atoms with Gasteiger partial charge in [-0.15, -0.1) is 0 Å². The minimum Gasteiger partial charge on any atom is -0.0730 e. The van der Waals surface area contributed by atoms with Gasteiger partial charge in [-0.1, -0.05) is 30.2 Å². The summed E-state index contributed by atoms with van der Waals surface area (Å²) >= 11 is 0. The van der Waals surface area contributed by atoms with E-state index in [-0.39, 0.29) is 0 Å². The fourth-order valence-electron chi connectivity index (χ4n) is 2.28. The van der Waals surface area contributed by atoms with Crippen LogP contribution >= 0.6 is 0 Å². The van der Waals surface area contributed by atoms with Crippen molar-refractivity contribution < 1.29 is 0 Å². The topological polar surface area (TPSA) is 0 Å². The van der Waals surface area contributed by atoms with Gasteiger partial charge in [0.2, 0.25) is 0 Å². The second-order valence-corrected chi connectivity index (χ2v) is 4.42. The molecular weight excluding hydrogens is 144 g/mol. The van der Waals surface area contributed by atoms with Crippen LogP contribution in [0, 0.1) is 11.8 Å². The quantitative estimate of drug-likeness (QED) is 0.551. The Balaban J connectivity index is 2.05. The van der Waals surface area contributed by atoms with Crippen LogP contribution in [-0.2, 0) is 0 Å². The molecule has 0 aromatic carbocycles. The SMILES string of the molecule is CC1=CC=C(C2CCC2C)CC1. The lowest BCUT2D eigenvalue weighted by Crippen LogP contribution is -2.25. The van der Waals surface area contributed by atoms with E-state index in [2.05, 4.69) is 26.0 Å². The molecule has 12 heavy (non-hydrogen) atoms. The number of hydrogen-bond donors (Lipinski definition) is 0. The highest BCUT2D eigenvalue weighted by atomic mass is 14.3. The molecule has 2 unspecified atom stereocenters. The zero-order valence-electron chi connectivity index (χ0n) is 8.14. The second-order valence-electron chi connectivity index (χ2n) is 4.42. The number of rotatable bonds is 1. The van der Waals surface area contributed by atoms with Crippen LogP contribution in [0.2, 0.25) is 0 Å². The molecule has 2 aliphatic rings. The van der Waals surface area contributed by atoms with E-state index in [1.54, 1.807) is 11.1 Å². The molecule has 0 aromatic rings. The van der Waals surface area contributed by atoms with Crippen LogP contribution < -0.4 is 0 Å². The van der Waals surface area contributed by atoms with Crippen LogP contribution in [-0.4, -0.2) is 0 Å². The first-order valence-electron chi connectivity index (χ1n) is 5.13. The lowest BCUT2D eigenvalue weighted by atomic mass is 9.69. The molecule has 2 rings (SSSR count). The summed E-state index contributed by atoms with van der Waals surface area (Å²) in [4.78, 5) is 0. The highest BCUT2D eigenvalue weighted by Gasteiger charge is 2.29. The molecule has 0 aliphatic heterocycles. The van der Waals surface area contributed by atoms with Crippen molar-refractivity contribution in [3.8, 4) is 0 Å². The van der Waals surface area contributed by atoms with Crippen molar-refractivity contribution in [1.29, 1.82) is 0 Å². The molecular formula is C12H18. The Bertz CT molecular complexity index is 232. The van der Waals surface area contributed by atoms with Crippen molar-refractivity contribution in [3.05, 3.63) is 23.3 Å². The van der Waals surface area contributed by atoms with Gasteiger partial charge in [0.05, 0.1) is 0 Å². The van der Waals surface area contributed by atoms with E-state index in [1.807, 2.05) is 0 Å². The zero-order chi connectivity index (χ0) is 8.55. The highest BCUT2D eigenvalue weighted by molar-refractivity contribution is 5.25. The van der Waals surface area contributed by atoms with Gasteiger partial charge in [0.25, 0.3) is 0 Å². The lowest BCUT2D eigenvalue weighted by molar-refractivity contribution is 0.231. The first kappa shape index (κ1) is 8.10. The van der Waals surface area contributed by atoms with Crippen molar-refractivity contribution >= 4 is 0 Å². The van der Waals surface area contributed by atoms with Gasteiger partial charge in [0.15, 0.2) is 0 Å². The maximum Gasteiger partial charge on any atom is -0.0174 e. The van der Waals surface area contributed by atoms with E-state index in [0.29, 0.717) is 0 Å². The van der Waals surface area contributed by atoms with Gasteiger partial charge in [-0.2, -0.15) is 0 Å². The van der Waals surface area contributed by atoms with Gasteiger partial charge < -0.3 is 0 Å². The fourth-order valence-corrected chi connectivity index (χ4v) is 2.28. The average Bonchev–Trinajstić information content (AvgIpc) is 2.06. The minimum atomic E-state index is 0.939. The van der Waals surface area contributed by atoms with Crippen molar-refractivity contribution in [2.45, 2.75) is 39.5 Å². The van der Waals surface area contributed by atoms with Crippen molar-refractivity contribution in [3.63, 3.8) is 0 Å². The molecule has 0 radical (unpaired) electrons. The predicted octanol–water partition coefficient (Wildman–Crippen LogP) is 3.70. The Kier molecular flexibility index (Phi) is 2.08. The Morgan fingerprint density at radius 2 is 2.00 bits per heavy atom. The molecule has 0 heteroatoms. The van der Waals surface area contributed by atoms with Crippen LogP contribution in [0.25, 0.3) is 0 Å². The summed E-state index contributed by atoms with van der Waals surface area (Å²) in [5, 5.41) is 0. The molecule has 1 fully saturated rings. The molecule has 1 saturated carbocycles. The summed E-state index contributed by atoms with van der Waals surface area (Å²) in [5.41, 5.74) is 3.27. The second kappa shape index (κ2) is 3.08. The summed E-state index contributed by atoms with van der Waals surface area (Å²) in [5.74, 6) is 1.90. The van der Waals surface area contributed by atoms with Gasteiger partial charge >= 0.3 is 0 Å². The maximum absolute atomic E-state index is 2.39. The van der Waals surface area contributed by atoms with Crippen molar-refractivity contribution in [2.24, 2.45) is 11.8 Å². The Hall–Kier alpha value is -0.520. The summed E-state index contributed by atoms with van der Waals surface area (Å²) in [6.45, 7) is 4.62. The van der Waals surface area contributed by atoms with Gasteiger partial charge in [-0.25, -0.2) is 0 Å². The molecule has 0 spiro atoms. The minimum absolute atomic E-state index is 0.939. The van der Waals surface area contributed by atoms with Gasteiger partial charge in [-0.05, 0) is 44.4 Å². The third kappa shape index (κ3) is 1.35. The predicted molar refractivity (Wildman–Crippen MR) is 53.0 cm³/mol. The van der Waals surface area contributed by atoms with E-state index in [0.717, 1.165) is 11.8 Å². The summed E-state index contributed by atoms with van der Waals surface area (Å²) in [6, 6.07) is 0. The van der Waals surface area contributed by atoms with E-state index in [1.165, 1.54) is 25.7 Å². The molecule has 2 aliphatic carbocycles. The molecule has 0 aromatic heterocycles. The van der Waals surface area contributed by atoms with Crippen LogP contribution in [0.3, 0.4) is 0 Å². The third-order valence-electron chi connectivity index (χ3n) is 3.49. The first-order chi connectivity index (χ1) is 5.77. The van der Waals surface area contributed by atoms with Gasteiger partial charge in [0.1, 0.15) is 0 Å². The molecule has 0 N–H and O–H groups in total. The Morgan fingerprint density at radius 1 is 1.17 bits per heavy atom. The summed E-state index contributed by atoms with van der Waals surface area (Å²) in [6.07, 6.45) is 10.2. The largest absolute Gasteiger partial charge is 0.0730 e. The average molecular weight is 162 g/mol. The van der Waals surface area contributed by atoms with E-state index >= 15 is 0 Å². The molecule has 0 amide bonds. The number of hydrogen-bond acceptors (Lipinski definition) is 0. The van der Waals surface area contributed by atoms with Crippen molar-refractivity contribution in [1.82, 2.24) is 0 Å². The molecule has 0 nitrogen and oxygen atoms in total. The van der Waals surface area contributed by atoms with Crippen LogP contribution in [0.15, 0.2) is 23.3 Å². The third-order valence-corrected chi connectivity index (χ3v) is 3.49. The van der Waals surface area contributed by atoms with Gasteiger partial charge in [-0.3, -0.25) is 0 Å². The van der Waals surface area contributed by atoms with Crippen LogP contribution in [0.5, 0.6) is 0 Å². The normalized spacial score (nSPS) is 35.2. The van der Waals surface area contributed by atoms with Crippen LogP contribution in [0.4, 0.5) is 0 Å². The fraction of sp³-hybridized carbons (Fsp3) is 0.667. The lowest BCUT2D eigenvalue weighted by Gasteiger charge is -2.37. The molecule has 66 valence electrons. The first-order valence-corrected chi connectivity index (χ1v) is 5.13. The Labute approximate surface area is 75.4 Å². The maximum atomic E-state index is 2.39.